The van der Waals surface area contributed by atoms with Crippen molar-refractivity contribution in [3.63, 3.8) is 0 Å². The molecule has 4 aliphatic carbocycles. The van der Waals surface area contributed by atoms with Gasteiger partial charge in [-0.15, -0.1) is 0 Å². The van der Waals surface area contributed by atoms with Crippen molar-refractivity contribution < 1.29 is 20.1 Å². The number of unbranched alkanes of at least 4 members (excludes halogenated alkanes) is 1. The van der Waals surface area contributed by atoms with Crippen molar-refractivity contribution in [2.24, 2.45) is 33.6 Å². The van der Waals surface area contributed by atoms with E-state index in [-0.39, 0.29) is 16.9 Å². The highest BCUT2D eigenvalue weighted by Crippen LogP contribution is 2.60. The smallest absolute Gasteiger partial charge is 0.193 e. The van der Waals surface area contributed by atoms with Crippen molar-refractivity contribution >= 4 is 5.90 Å². The van der Waals surface area contributed by atoms with Gasteiger partial charge in [0.15, 0.2) is 5.90 Å². The maximum atomic E-state index is 11.2. The molecule has 1 heterocycles. The van der Waals surface area contributed by atoms with Gasteiger partial charge in [-0.3, -0.25) is 4.99 Å². The first kappa shape index (κ1) is 28.8. The Labute approximate surface area is 235 Å². The van der Waals surface area contributed by atoms with Crippen LogP contribution in [0.25, 0.3) is 0 Å². The summed E-state index contributed by atoms with van der Waals surface area (Å²) in [5, 5.41) is 31.6. The minimum atomic E-state index is -0.640. The maximum Gasteiger partial charge on any atom is 0.193 e. The number of aliphatic imine (C=N–C) groups is 1. The maximum absolute atomic E-state index is 11.2. The summed E-state index contributed by atoms with van der Waals surface area (Å²) in [6, 6.07) is 0. The molecule has 0 amide bonds. The van der Waals surface area contributed by atoms with Crippen LogP contribution in [0.1, 0.15) is 97.8 Å². The van der Waals surface area contributed by atoms with Crippen molar-refractivity contribution in [2.45, 2.75) is 122 Å². The first-order chi connectivity index (χ1) is 18.7. The highest BCUT2D eigenvalue weighted by molar-refractivity contribution is 5.87. The lowest BCUT2D eigenvalue weighted by atomic mass is 9.61. The Morgan fingerprint density at radius 3 is 2.69 bits per heavy atom. The summed E-state index contributed by atoms with van der Waals surface area (Å²) in [5.41, 5.74) is 3.22. The average molecular weight is 538 g/mol. The van der Waals surface area contributed by atoms with Crippen LogP contribution in [0.5, 0.6) is 0 Å². The van der Waals surface area contributed by atoms with E-state index in [2.05, 4.69) is 51.7 Å². The minimum absolute atomic E-state index is 0.193. The van der Waals surface area contributed by atoms with Gasteiger partial charge < -0.3 is 20.1 Å². The molecule has 5 heteroatoms. The van der Waals surface area contributed by atoms with Crippen molar-refractivity contribution in [3.8, 4) is 0 Å². The normalized spacial score (nSPS) is 39.6. The van der Waals surface area contributed by atoms with Crippen LogP contribution in [0.3, 0.4) is 0 Å². The predicted molar refractivity (Wildman–Crippen MR) is 157 cm³/mol. The monoisotopic (exact) mass is 537 g/mol. The van der Waals surface area contributed by atoms with E-state index < -0.39 is 18.3 Å². The predicted octanol–water partition coefficient (Wildman–Crippen LogP) is 6.45. The van der Waals surface area contributed by atoms with Crippen LogP contribution in [0.4, 0.5) is 0 Å². The Kier molecular flexibility index (Phi) is 8.62. The fourth-order valence-electron chi connectivity index (χ4n) is 8.25. The Hall–Kier alpha value is -1.69. The molecule has 0 aromatic carbocycles. The molecular formula is C34H51NO4. The third-order valence-electron chi connectivity index (χ3n) is 10.9. The Bertz CT molecular complexity index is 1040. The second-order valence-corrected chi connectivity index (χ2v) is 13.5. The first-order valence-corrected chi connectivity index (χ1v) is 15.7. The van der Waals surface area contributed by atoms with Crippen LogP contribution >= 0.6 is 0 Å². The lowest BCUT2D eigenvalue weighted by molar-refractivity contribution is 0.0862. The van der Waals surface area contributed by atoms with Crippen LogP contribution in [-0.2, 0) is 4.74 Å². The lowest BCUT2D eigenvalue weighted by Crippen LogP contribution is -2.36. The van der Waals surface area contributed by atoms with E-state index in [4.69, 9.17) is 9.73 Å². The van der Waals surface area contributed by atoms with Gasteiger partial charge in [0.2, 0.25) is 0 Å². The van der Waals surface area contributed by atoms with Crippen LogP contribution in [-0.4, -0.2) is 52.2 Å². The van der Waals surface area contributed by atoms with E-state index >= 15 is 0 Å². The molecule has 1 unspecified atom stereocenters. The topological polar surface area (TPSA) is 82.3 Å². The van der Waals surface area contributed by atoms with Crippen LogP contribution in [0.15, 0.2) is 52.6 Å². The Balaban J connectivity index is 1.23. The second kappa shape index (κ2) is 11.7. The molecule has 8 atom stereocenters. The van der Waals surface area contributed by atoms with Gasteiger partial charge in [0.05, 0.1) is 30.3 Å². The summed E-state index contributed by atoms with van der Waals surface area (Å²) in [5.74, 6) is 2.36. The van der Waals surface area contributed by atoms with Crippen LogP contribution in [0.2, 0.25) is 0 Å². The minimum Gasteiger partial charge on any atom is -0.475 e. The molecule has 3 N–H and O–H groups in total. The summed E-state index contributed by atoms with van der Waals surface area (Å²) in [4.78, 5) is 4.72. The van der Waals surface area contributed by atoms with E-state index in [1.807, 2.05) is 0 Å². The van der Waals surface area contributed by atoms with Crippen LogP contribution < -0.4 is 0 Å². The molecule has 0 radical (unpaired) electrons. The number of ether oxygens (including phenoxy) is 1. The molecule has 0 aromatic heterocycles. The largest absolute Gasteiger partial charge is 0.475 e. The number of aliphatic hydroxyl groups is 3. The van der Waals surface area contributed by atoms with E-state index in [1.54, 1.807) is 0 Å². The third kappa shape index (κ3) is 5.74. The molecule has 39 heavy (non-hydrogen) atoms. The Morgan fingerprint density at radius 1 is 1.15 bits per heavy atom. The number of nitrogens with zero attached hydrogens (tertiary/aromatic N) is 1. The van der Waals surface area contributed by atoms with Gasteiger partial charge in [-0.1, -0.05) is 63.6 Å². The molecule has 0 spiro atoms. The van der Waals surface area contributed by atoms with Crippen molar-refractivity contribution in [1.29, 1.82) is 0 Å². The van der Waals surface area contributed by atoms with Crippen LogP contribution in [0, 0.1) is 28.6 Å². The van der Waals surface area contributed by atoms with Gasteiger partial charge >= 0.3 is 0 Å². The number of rotatable bonds is 9. The highest BCUT2D eigenvalue weighted by atomic mass is 16.5. The van der Waals surface area contributed by atoms with Crippen molar-refractivity contribution in [2.75, 3.05) is 6.54 Å². The standard InChI is InChI=1S/C34H51NO4/c1-5-6-9-27-21-35-32(39-27)34(17-18-34)31(38)15-10-22(2)28-13-14-29-24(8-7-16-33(28,29)4)11-12-25-19-26(36)20-30(37)23(25)3/h10-12,15,22,26-31,36-38H,3,5-9,13-14,16-21H2,1-2,4H3/t22-,26-,27?,28-,29+,30+,31+,33-/m1/s1. The quantitative estimate of drug-likeness (QED) is 0.295. The van der Waals surface area contributed by atoms with Gasteiger partial charge in [0, 0.05) is 6.42 Å². The van der Waals surface area contributed by atoms with Gasteiger partial charge in [-0.05, 0) is 98.5 Å². The average Bonchev–Trinajstić information content (AvgIpc) is 3.44. The summed E-state index contributed by atoms with van der Waals surface area (Å²) in [6.07, 6.45) is 19.5. The molecule has 5 rings (SSSR count). The molecule has 1 aliphatic heterocycles. The summed E-state index contributed by atoms with van der Waals surface area (Å²) < 4.78 is 6.21. The zero-order valence-electron chi connectivity index (χ0n) is 24.4. The number of hydrogen-bond donors (Lipinski definition) is 3. The zero-order chi connectivity index (χ0) is 27.8. The third-order valence-corrected chi connectivity index (χ3v) is 10.9. The summed E-state index contributed by atoms with van der Waals surface area (Å²) in [7, 11) is 0. The Morgan fingerprint density at radius 2 is 1.95 bits per heavy atom. The molecular weight excluding hydrogens is 486 g/mol. The molecule has 0 aromatic rings. The second-order valence-electron chi connectivity index (χ2n) is 13.5. The highest BCUT2D eigenvalue weighted by Gasteiger charge is 2.56. The fraction of sp³-hybridized carbons (Fsp3) is 0.735. The number of hydrogen-bond acceptors (Lipinski definition) is 5. The van der Waals surface area contributed by atoms with Gasteiger partial charge in [0.25, 0.3) is 0 Å². The van der Waals surface area contributed by atoms with Gasteiger partial charge in [-0.25, -0.2) is 0 Å². The molecule has 5 nitrogen and oxygen atoms in total. The van der Waals surface area contributed by atoms with Crippen molar-refractivity contribution in [1.82, 2.24) is 0 Å². The van der Waals surface area contributed by atoms with E-state index in [0.717, 1.165) is 55.7 Å². The molecule has 0 saturated heterocycles. The molecule has 216 valence electrons. The van der Waals surface area contributed by atoms with E-state index in [9.17, 15) is 15.3 Å². The van der Waals surface area contributed by atoms with E-state index in [0.29, 0.717) is 30.6 Å². The number of aliphatic hydroxyl groups excluding tert-OH is 3. The fourth-order valence-corrected chi connectivity index (χ4v) is 8.25. The van der Waals surface area contributed by atoms with Gasteiger partial charge in [-0.2, -0.15) is 0 Å². The number of fused-ring (bicyclic) bond motifs is 1. The lowest BCUT2D eigenvalue weighted by Gasteiger charge is -2.44. The van der Waals surface area contributed by atoms with Crippen molar-refractivity contribution in [3.05, 3.63) is 47.6 Å². The number of allylic oxidation sites excluding steroid dienone is 4. The molecule has 0 bridgehead atoms. The molecule has 4 saturated carbocycles. The SMILES string of the molecule is C=C1C(=CC=C2CCC[C@]3(C)[C@@H]([C@H](C)C=C[C@H](O)C4(C5=NCC(CCCC)O5)CC4)CC[C@@H]23)C[C@@H](O)C[C@@H]1O. The summed E-state index contributed by atoms with van der Waals surface area (Å²) in [6.45, 7) is 11.9. The summed E-state index contributed by atoms with van der Waals surface area (Å²) >= 11 is 0. The molecule has 4 fully saturated rings. The molecule has 5 aliphatic rings. The van der Waals surface area contributed by atoms with E-state index in [1.165, 1.54) is 37.7 Å². The first-order valence-electron chi connectivity index (χ1n) is 15.7. The zero-order valence-corrected chi connectivity index (χ0v) is 24.4. The van der Waals surface area contributed by atoms with Gasteiger partial charge in [0.1, 0.15) is 6.10 Å².